The monoisotopic (exact) mass is 219 g/mol. The second kappa shape index (κ2) is 4.19. The SMILES string of the molecule is Cc1ccc([C@@H](O)C2(CN)CC(C)C2)cc1. The second-order valence-electron chi connectivity index (χ2n) is 5.39. The van der Waals surface area contributed by atoms with E-state index in [4.69, 9.17) is 5.73 Å². The molecule has 2 rings (SSSR count). The van der Waals surface area contributed by atoms with Crippen molar-refractivity contribution >= 4 is 0 Å². The maximum Gasteiger partial charge on any atom is 0.0858 e. The molecule has 2 heteroatoms. The molecular formula is C14H21NO. The van der Waals surface area contributed by atoms with Crippen LogP contribution in [0.25, 0.3) is 0 Å². The number of aryl methyl sites for hydroxylation is 1. The molecule has 0 bridgehead atoms. The fourth-order valence-electron chi connectivity index (χ4n) is 2.93. The molecule has 1 aromatic carbocycles. The van der Waals surface area contributed by atoms with Crippen LogP contribution < -0.4 is 5.73 Å². The van der Waals surface area contributed by atoms with Crippen LogP contribution in [0.3, 0.4) is 0 Å². The van der Waals surface area contributed by atoms with Crippen molar-refractivity contribution in [3.05, 3.63) is 35.4 Å². The third kappa shape index (κ3) is 1.87. The van der Waals surface area contributed by atoms with Gasteiger partial charge in [0.25, 0.3) is 0 Å². The molecule has 1 saturated carbocycles. The molecule has 0 aromatic heterocycles. The predicted octanol–water partition coefficient (Wildman–Crippen LogP) is 2.40. The number of nitrogens with two attached hydrogens (primary N) is 1. The minimum Gasteiger partial charge on any atom is -0.388 e. The molecular weight excluding hydrogens is 198 g/mol. The average molecular weight is 219 g/mol. The highest BCUT2D eigenvalue weighted by Gasteiger charge is 2.46. The van der Waals surface area contributed by atoms with Gasteiger partial charge < -0.3 is 10.8 Å². The van der Waals surface area contributed by atoms with E-state index in [9.17, 15) is 5.11 Å². The van der Waals surface area contributed by atoms with E-state index in [1.54, 1.807) is 0 Å². The van der Waals surface area contributed by atoms with E-state index in [0.717, 1.165) is 18.4 Å². The van der Waals surface area contributed by atoms with Crippen molar-refractivity contribution in [1.29, 1.82) is 0 Å². The first-order chi connectivity index (χ1) is 7.57. The molecule has 0 aliphatic heterocycles. The summed E-state index contributed by atoms with van der Waals surface area (Å²) in [6.45, 7) is 4.85. The highest BCUT2D eigenvalue weighted by atomic mass is 16.3. The Kier molecular flexibility index (Phi) is 3.04. The van der Waals surface area contributed by atoms with Gasteiger partial charge in [-0.1, -0.05) is 36.8 Å². The largest absolute Gasteiger partial charge is 0.388 e. The summed E-state index contributed by atoms with van der Waals surface area (Å²) in [5.74, 6) is 0.698. The van der Waals surface area contributed by atoms with Gasteiger partial charge in [0.05, 0.1) is 6.10 Å². The van der Waals surface area contributed by atoms with Crippen LogP contribution in [-0.2, 0) is 0 Å². The van der Waals surface area contributed by atoms with Gasteiger partial charge in [-0.3, -0.25) is 0 Å². The van der Waals surface area contributed by atoms with Crippen LogP contribution in [-0.4, -0.2) is 11.7 Å². The zero-order valence-electron chi connectivity index (χ0n) is 10.1. The first-order valence-corrected chi connectivity index (χ1v) is 6.02. The van der Waals surface area contributed by atoms with E-state index in [0.29, 0.717) is 12.5 Å². The molecule has 0 heterocycles. The number of rotatable bonds is 3. The Morgan fingerprint density at radius 2 is 1.94 bits per heavy atom. The molecule has 1 fully saturated rings. The maximum absolute atomic E-state index is 10.4. The minimum absolute atomic E-state index is 0.0747. The molecule has 1 atom stereocenters. The Hall–Kier alpha value is -0.860. The van der Waals surface area contributed by atoms with Gasteiger partial charge in [-0.2, -0.15) is 0 Å². The van der Waals surface area contributed by atoms with Gasteiger partial charge in [-0.25, -0.2) is 0 Å². The number of aliphatic hydroxyl groups excluding tert-OH is 1. The standard InChI is InChI=1S/C14H21NO/c1-10-3-5-12(6-4-10)13(16)14(9-15)7-11(2)8-14/h3-6,11,13,16H,7-9,15H2,1-2H3/t11?,13-,14?/m1/s1. The van der Waals surface area contributed by atoms with Crippen LogP contribution in [0.1, 0.15) is 37.0 Å². The molecule has 3 N–H and O–H groups in total. The van der Waals surface area contributed by atoms with Gasteiger partial charge in [0, 0.05) is 12.0 Å². The molecule has 2 nitrogen and oxygen atoms in total. The maximum atomic E-state index is 10.4. The second-order valence-corrected chi connectivity index (χ2v) is 5.39. The summed E-state index contributed by atoms with van der Waals surface area (Å²) in [6.07, 6.45) is 1.67. The Morgan fingerprint density at radius 3 is 2.38 bits per heavy atom. The van der Waals surface area contributed by atoms with E-state index < -0.39 is 6.10 Å². The van der Waals surface area contributed by atoms with E-state index in [-0.39, 0.29) is 5.41 Å². The quantitative estimate of drug-likeness (QED) is 0.820. The molecule has 1 aliphatic carbocycles. The van der Waals surface area contributed by atoms with E-state index in [1.165, 1.54) is 5.56 Å². The molecule has 0 spiro atoms. The van der Waals surface area contributed by atoms with Crippen LogP contribution in [0.2, 0.25) is 0 Å². The molecule has 0 radical (unpaired) electrons. The molecule has 16 heavy (non-hydrogen) atoms. The summed E-state index contributed by atoms with van der Waals surface area (Å²) in [6, 6.07) is 8.12. The van der Waals surface area contributed by atoms with E-state index >= 15 is 0 Å². The van der Waals surface area contributed by atoms with Crippen molar-refractivity contribution in [3.8, 4) is 0 Å². The average Bonchev–Trinajstić information content (AvgIpc) is 2.24. The van der Waals surface area contributed by atoms with Gasteiger partial charge in [-0.05, 0) is 31.2 Å². The summed E-state index contributed by atoms with van der Waals surface area (Å²) in [7, 11) is 0. The van der Waals surface area contributed by atoms with Gasteiger partial charge in [0.15, 0.2) is 0 Å². The van der Waals surface area contributed by atoms with E-state index in [1.807, 2.05) is 24.3 Å². The molecule has 1 aliphatic rings. The summed E-state index contributed by atoms with van der Waals surface area (Å²) in [5.41, 5.74) is 7.99. The lowest BCUT2D eigenvalue weighted by Gasteiger charge is -2.49. The van der Waals surface area contributed by atoms with Crippen molar-refractivity contribution in [1.82, 2.24) is 0 Å². The first kappa shape index (κ1) is 11.6. The normalized spacial score (nSPS) is 30.9. The van der Waals surface area contributed by atoms with Crippen molar-refractivity contribution in [3.63, 3.8) is 0 Å². The van der Waals surface area contributed by atoms with Crippen LogP contribution in [0.4, 0.5) is 0 Å². The Labute approximate surface area is 97.5 Å². The molecule has 1 aromatic rings. The highest BCUT2D eigenvalue weighted by Crippen LogP contribution is 2.52. The Morgan fingerprint density at radius 1 is 1.38 bits per heavy atom. The van der Waals surface area contributed by atoms with Gasteiger partial charge in [0.1, 0.15) is 0 Å². The third-order valence-corrected chi connectivity index (χ3v) is 3.89. The zero-order chi connectivity index (χ0) is 11.8. The first-order valence-electron chi connectivity index (χ1n) is 6.02. The lowest BCUT2D eigenvalue weighted by atomic mass is 9.58. The lowest BCUT2D eigenvalue weighted by molar-refractivity contribution is -0.0602. The summed E-state index contributed by atoms with van der Waals surface area (Å²) >= 11 is 0. The van der Waals surface area contributed by atoms with Gasteiger partial charge in [-0.15, -0.1) is 0 Å². The van der Waals surface area contributed by atoms with Crippen LogP contribution in [0.5, 0.6) is 0 Å². The van der Waals surface area contributed by atoms with Crippen molar-refractivity contribution in [2.24, 2.45) is 17.1 Å². The number of hydrogen-bond donors (Lipinski definition) is 2. The van der Waals surface area contributed by atoms with Crippen molar-refractivity contribution in [2.45, 2.75) is 32.8 Å². The number of aliphatic hydroxyl groups is 1. The van der Waals surface area contributed by atoms with Gasteiger partial charge >= 0.3 is 0 Å². The Bertz CT molecular complexity index is 352. The van der Waals surface area contributed by atoms with Crippen LogP contribution in [0.15, 0.2) is 24.3 Å². The van der Waals surface area contributed by atoms with E-state index in [2.05, 4.69) is 13.8 Å². The smallest absolute Gasteiger partial charge is 0.0858 e. The molecule has 88 valence electrons. The molecule has 0 unspecified atom stereocenters. The summed E-state index contributed by atoms with van der Waals surface area (Å²) in [4.78, 5) is 0. The lowest BCUT2D eigenvalue weighted by Crippen LogP contribution is -2.46. The fraction of sp³-hybridized carbons (Fsp3) is 0.571. The van der Waals surface area contributed by atoms with Crippen LogP contribution >= 0.6 is 0 Å². The molecule has 0 amide bonds. The van der Waals surface area contributed by atoms with Crippen molar-refractivity contribution < 1.29 is 5.11 Å². The minimum atomic E-state index is -0.408. The number of benzene rings is 1. The summed E-state index contributed by atoms with van der Waals surface area (Å²) < 4.78 is 0. The number of hydrogen-bond acceptors (Lipinski definition) is 2. The fourth-order valence-corrected chi connectivity index (χ4v) is 2.93. The molecule has 0 saturated heterocycles. The zero-order valence-corrected chi connectivity index (χ0v) is 10.1. The highest BCUT2D eigenvalue weighted by molar-refractivity contribution is 5.25. The summed E-state index contributed by atoms with van der Waals surface area (Å²) in [5, 5.41) is 10.4. The Balaban J connectivity index is 2.18. The predicted molar refractivity (Wildman–Crippen MR) is 66.0 cm³/mol. The third-order valence-electron chi connectivity index (χ3n) is 3.89. The van der Waals surface area contributed by atoms with Crippen molar-refractivity contribution in [2.75, 3.05) is 6.54 Å². The topological polar surface area (TPSA) is 46.2 Å². The van der Waals surface area contributed by atoms with Gasteiger partial charge in [0.2, 0.25) is 0 Å². The van der Waals surface area contributed by atoms with Crippen LogP contribution in [0, 0.1) is 18.3 Å².